The van der Waals surface area contributed by atoms with Crippen LogP contribution in [0.1, 0.15) is 16.7 Å². The molecule has 1 aliphatic rings. The molecule has 1 heterocycles. The molecule has 2 rings (SSSR count). The summed E-state index contributed by atoms with van der Waals surface area (Å²) in [6, 6.07) is 4.34. The van der Waals surface area contributed by atoms with Gasteiger partial charge in [-0.1, -0.05) is 23.8 Å². The number of nitrogens with zero attached hydrogens (tertiary/aromatic N) is 2. The predicted octanol–water partition coefficient (Wildman–Crippen LogP) is 3.10. The third kappa shape index (κ3) is 7.37. The number of likely N-dealkylation sites (N-methyl/N-ethyl adjacent to an activating group) is 1. The van der Waals surface area contributed by atoms with Crippen LogP contribution in [-0.4, -0.2) is 69.4 Å². The number of hydrogen-bond donors (Lipinski definition) is 0. The van der Waals surface area contributed by atoms with Crippen molar-refractivity contribution in [2.24, 2.45) is 0 Å². The van der Waals surface area contributed by atoms with Crippen LogP contribution in [0.4, 0.5) is 0 Å². The highest BCUT2D eigenvalue weighted by molar-refractivity contribution is 5.85. The molecule has 4 nitrogen and oxygen atoms in total. The van der Waals surface area contributed by atoms with E-state index in [9.17, 15) is 0 Å². The van der Waals surface area contributed by atoms with Gasteiger partial charge in [0.25, 0.3) is 0 Å². The molecule has 0 radical (unpaired) electrons. The highest BCUT2D eigenvalue weighted by Gasteiger charge is 2.13. The van der Waals surface area contributed by atoms with Crippen LogP contribution in [0, 0.1) is 13.8 Å². The van der Waals surface area contributed by atoms with Gasteiger partial charge < -0.3 is 14.4 Å². The highest BCUT2D eigenvalue weighted by atomic mass is 35.5. The summed E-state index contributed by atoms with van der Waals surface area (Å²) in [7, 11) is 2.18. The monoisotopic (exact) mass is 368 g/mol. The molecular weight excluding hydrogens is 336 g/mol. The summed E-state index contributed by atoms with van der Waals surface area (Å²) < 4.78 is 11.7. The van der Waals surface area contributed by atoms with E-state index in [4.69, 9.17) is 9.47 Å². The molecule has 0 spiro atoms. The molecule has 0 saturated carbocycles. The van der Waals surface area contributed by atoms with Crippen LogP contribution in [0.5, 0.6) is 5.75 Å². The van der Waals surface area contributed by atoms with Crippen molar-refractivity contribution in [2.75, 3.05) is 59.6 Å². The summed E-state index contributed by atoms with van der Waals surface area (Å²) in [5.74, 6) is 0.989. The molecule has 5 heteroatoms. The van der Waals surface area contributed by atoms with Crippen molar-refractivity contribution in [3.8, 4) is 5.75 Å². The fourth-order valence-corrected chi connectivity index (χ4v) is 3.13. The maximum Gasteiger partial charge on any atom is 0.125 e. The molecule has 1 aliphatic heterocycles. The van der Waals surface area contributed by atoms with Crippen LogP contribution in [0.3, 0.4) is 0 Å². The van der Waals surface area contributed by atoms with Crippen molar-refractivity contribution in [1.82, 2.24) is 9.80 Å². The Bertz CT molecular complexity index is 529. The molecule has 0 amide bonds. The van der Waals surface area contributed by atoms with Gasteiger partial charge in [-0.25, -0.2) is 0 Å². The van der Waals surface area contributed by atoms with Crippen molar-refractivity contribution in [2.45, 2.75) is 20.3 Å². The largest absolute Gasteiger partial charge is 0.491 e. The molecule has 1 saturated heterocycles. The zero-order valence-corrected chi connectivity index (χ0v) is 16.7. The first-order valence-corrected chi connectivity index (χ1v) is 8.92. The molecule has 1 aromatic carbocycles. The second kappa shape index (κ2) is 11.5. The van der Waals surface area contributed by atoms with E-state index in [-0.39, 0.29) is 12.4 Å². The molecule has 0 N–H and O–H groups in total. The molecule has 0 aromatic heterocycles. The normalized spacial score (nSPS) is 15.6. The Morgan fingerprint density at radius 3 is 2.48 bits per heavy atom. The minimum Gasteiger partial charge on any atom is -0.491 e. The summed E-state index contributed by atoms with van der Waals surface area (Å²) in [5, 5.41) is 0. The average molecular weight is 369 g/mol. The van der Waals surface area contributed by atoms with Gasteiger partial charge in [0.1, 0.15) is 12.4 Å². The number of halogens is 1. The number of allylic oxidation sites excluding steroid dienone is 1. The zero-order valence-electron chi connectivity index (χ0n) is 15.9. The number of rotatable bonds is 9. The van der Waals surface area contributed by atoms with E-state index in [0.29, 0.717) is 13.2 Å². The van der Waals surface area contributed by atoms with E-state index < -0.39 is 0 Å². The molecule has 25 heavy (non-hydrogen) atoms. The Hall–Kier alpha value is -1.07. The first-order chi connectivity index (χ1) is 11.6. The molecular formula is C20H33ClN2O2. The van der Waals surface area contributed by atoms with Crippen LogP contribution in [0.2, 0.25) is 0 Å². The molecule has 0 unspecified atom stereocenters. The standard InChI is InChI=1S/C20H32N2O2.ClH/c1-5-6-19-16-17(2)15-18(3)20(19)24-14-13-23-12-11-22-9-7-21(4)8-10-22;/h5,15-16H,1,6-14H2,2-4H3;1H. The van der Waals surface area contributed by atoms with E-state index in [0.717, 1.165) is 51.5 Å². The summed E-state index contributed by atoms with van der Waals surface area (Å²) >= 11 is 0. The van der Waals surface area contributed by atoms with Gasteiger partial charge in [0.15, 0.2) is 0 Å². The maximum absolute atomic E-state index is 5.99. The minimum absolute atomic E-state index is 0. The second-order valence-electron chi connectivity index (χ2n) is 6.67. The Balaban J connectivity index is 0.00000312. The average Bonchev–Trinajstić information content (AvgIpc) is 2.54. The summed E-state index contributed by atoms with van der Waals surface area (Å²) in [4.78, 5) is 4.84. The van der Waals surface area contributed by atoms with Crippen molar-refractivity contribution in [1.29, 1.82) is 0 Å². The van der Waals surface area contributed by atoms with E-state index in [2.05, 4.69) is 49.4 Å². The summed E-state index contributed by atoms with van der Waals surface area (Å²) in [6.45, 7) is 15.7. The summed E-state index contributed by atoms with van der Waals surface area (Å²) in [6.07, 6.45) is 2.76. The van der Waals surface area contributed by atoms with Gasteiger partial charge in [-0.3, -0.25) is 4.90 Å². The van der Waals surface area contributed by atoms with Gasteiger partial charge in [-0.15, -0.1) is 19.0 Å². The van der Waals surface area contributed by atoms with Crippen molar-refractivity contribution in [3.05, 3.63) is 41.5 Å². The SMILES string of the molecule is C=CCc1cc(C)cc(C)c1OCCOCCN1CCN(C)CC1.Cl. The topological polar surface area (TPSA) is 24.9 Å². The fraction of sp³-hybridized carbons (Fsp3) is 0.600. The Kier molecular flexibility index (Phi) is 10.1. The van der Waals surface area contributed by atoms with Crippen LogP contribution in [-0.2, 0) is 11.2 Å². The lowest BCUT2D eigenvalue weighted by Crippen LogP contribution is -2.45. The Labute approximate surface area is 159 Å². The number of piperazine rings is 1. The van der Waals surface area contributed by atoms with E-state index in [1.54, 1.807) is 0 Å². The van der Waals surface area contributed by atoms with Crippen LogP contribution >= 0.6 is 12.4 Å². The Morgan fingerprint density at radius 2 is 1.80 bits per heavy atom. The highest BCUT2D eigenvalue weighted by Crippen LogP contribution is 2.26. The van der Waals surface area contributed by atoms with E-state index in [1.165, 1.54) is 16.7 Å². The third-order valence-electron chi connectivity index (χ3n) is 4.48. The van der Waals surface area contributed by atoms with Gasteiger partial charge in [0, 0.05) is 32.7 Å². The molecule has 0 aliphatic carbocycles. The van der Waals surface area contributed by atoms with E-state index >= 15 is 0 Å². The first-order valence-electron chi connectivity index (χ1n) is 8.92. The minimum atomic E-state index is 0. The molecule has 1 fully saturated rings. The maximum atomic E-state index is 5.99. The van der Waals surface area contributed by atoms with Crippen molar-refractivity contribution >= 4 is 12.4 Å². The zero-order chi connectivity index (χ0) is 17.4. The van der Waals surface area contributed by atoms with Crippen LogP contribution in [0.15, 0.2) is 24.8 Å². The van der Waals surface area contributed by atoms with Gasteiger partial charge in [-0.2, -0.15) is 0 Å². The quantitative estimate of drug-likeness (QED) is 0.494. The lowest BCUT2D eigenvalue weighted by Gasteiger charge is -2.32. The lowest BCUT2D eigenvalue weighted by atomic mass is 10.0. The van der Waals surface area contributed by atoms with Gasteiger partial charge in [0.05, 0.1) is 13.2 Å². The summed E-state index contributed by atoms with van der Waals surface area (Å²) in [5.41, 5.74) is 3.66. The molecule has 1 aromatic rings. The van der Waals surface area contributed by atoms with Crippen LogP contribution in [0.25, 0.3) is 0 Å². The molecule has 0 atom stereocenters. The second-order valence-corrected chi connectivity index (χ2v) is 6.67. The van der Waals surface area contributed by atoms with Gasteiger partial charge in [0.2, 0.25) is 0 Å². The number of ether oxygens (including phenoxy) is 2. The van der Waals surface area contributed by atoms with E-state index in [1.807, 2.05) is 6.08 Å². The van der Waals surface area contributed by atoms with Crippen molar-refractivity contribution < 1.29 is 9.47 Å². The van der Waals surface area contributed by atoms with Crippen molar-refractivity contribution in [3.63, 3.8) is 0 Å². The number of aryl methyl sites for hydroxylation is 2. The smallest absolute Gasteiger partial charge is 0.125 e. The number of hydrogen-bond acceptors (Lipinski definition) is 4. The fourth-order valence-electron chi connectivity index (χ4n) is 3.13. The first kappa shape index (κ1) is 22.0. The van der Waals surface area contributed by atoms with Crippen LogP contribution < -0.4 is 4.74 Å². The predicted molar refractivity (Wildman–Crippen MR) is 107 cm³/mol. The van der Waals surface area contributed by atoms with Gasteiger partial charge >= 0.3 is 0 Å². The number of benzene rings is 1. The third-order valence-corrected chi connectivity index (χ3v) is 4.48. The molecule has 142 valence electrons. The molecule has 0 bridgehead atoms. The van der Waals surface area contributed by atoms with Gasteiger partial charge in [-0.05, 0) is 38.4 Å². The lowest BCUT2D eigenvalue weighted by molar-refractivity contribution is 0.0655. The Morgan fingerprint density at radius 1 is 1.08 bits per heavy atom.